The fourth-order valence-electron chi connectivity index (χ4n) is 3.53. The van der Waals surface area contributed by atoms with Gasteiger partial charge in [0.25, 0.3) is 0 Å². The highest BCUT2D eigenvalue weighted by Crippen LogP contribution is 2.38. The van der Waals surface area contributed by atoms with E-state index in [1.165, 1.54) is 6.26 Å². The zero-order valence-electron chi connectivity index (χ0n) is 11.9. The maximum absolute atomic E-state index is 12.3. The molecule has 1 atom stereocenters. The molecule has 20 heavy (non-hydrogen) atoms. The van der Waals surface area contributed by atoms with Crippen LogP contribution in [0.2, 0.25) is 0 Å². The van der Waals surface area contributed by atoms with Crippen LogP contribution < -0.4 is 0 Å². The molecule has 1 fully saturated rings. The highest BCUT2D eigenvalue weighted by Gasteiger charge is 2.51. The Labute approximate surface area is 120 Å². The lowest BCUT2D eigenvalue weighted by Gasteiger charge is -2.55. The second-order valence-corrected chi connectivity index (χ2v) is 7.56. The first kappa shape index (κ1) is 13.9. The third kappa shape index (κ3) is 2.13. The molecule has 0 N–H and O–H groups in total. The topological polar surface area (TPSA) is 56.2 Å². The van der Waals surface area contributed by atoms with E-state index in [4.69, 9.17) is 0 Å². The monoisotopic (exact) mass is 298 g/mol. The molecule has 3 heterocycles. The summed E-state index contributed by atoms with van der Waals surface area (Å²) in [5.41, 5.74) is 0. The largest absolute Gasteiger partial charge is 0.342 e. The van der Waals surface area contributed by atoms with Crippen molar-refractivity contribution in [3.63, 3.8) is 0 Å². The van der Waals surface area contributed by atoms with Crippen LogP contribution in [-0.2, 0) is 10.0 Å². The molecule has 0 spiro atoms. The van der Waals surface area contributed by atoms with E-state index in [9.17, 15) is 8.42 Å². The Bertz CT molecular complexity index is 506. The zero-order chi connectivity index (χ0) is 14.2. The minimum Gasteiger partial charge on any atom is -0.342 e. The van der Waals surface area contributed by atoms with Gasteiger partial charge in [0.05, 0.1) is 19.1 Å². The maximum atomic E-state index is 12.3. The van der Waals surface area contributed by atoms with Gasteiger partial charge in [-0.2, -0.15) is 4.31 Å². The number of hydrogen-bond acceptors (Lipinski definition) is 5. The van der Waals surface area contributed by atoms with E-state index in [0.717, 1.165) is 45.3 Å². The van der Waals surface area contributed by atoms with Crippen LogP contribution in [0.1, 0.15) is 25.7 Å². The van der Waals surface area contributed by atoms with Gasteiger partial charge in [-0.05, 0) is 25.5 Å². The summed E-state index contributed by atoms with van der Waals surface area (Å²) in [6.07, 6.45) is 11.1. The molecule has 1 unspecified atom stereocenters. The van der Waals surface area contributed by atoms with E-state index in [2.05, 4.69) is 27.1 Å². The van der Waals surface area contributed by atoms with Crippen molar-refractivity contribution in [2.24, 2.45) is 4.99 Å². The first-order valence-corrected chi connectivity index (χ1v) is 9.08. The van der Waals surface area contributed by atoms with Crippen LogP contribution in [0.4, 0.5) is 0 Å². The highest BCUT2D eigenvalue weighted by molar-refractivity contribution is 7.88. The van der Waals surface area contributed by atoms with Gasteiger partial charge in [-0.1, -0.05) is 6.08 Å². The summed E-state index contributed by atoms with van der Waals surface area (Å²) in [6.45, 7) is 3.00. The van der Waals surface area contributed by atoms with Crippen molar-refractivity contribution in [3.05, 3.63) is 12.3 Å². The fourth-order valence-corrected chi connectivity index (χ4v) is 4.82. The predicted octanol–water partition coefficient (Wildman–Crippen LogP) is 0.649. The van der Waals surface area contributed by atoms with Crippen LogP contribution in [0.3, 0.4) is 0 Å². The smallest absolute Gasteiger partial charge is 0.214 e. The molecule has 0 aliphatic carbocycles. The number of hydrogen-bond donors (Lipinski definition) is 0. The summed E-state index contributed by atoms with van der Waals surface area (Å²) < 4.78 is 26.3. The third-order valence-corrected chi connectivity index (χ3v) is 5.63. The normalized spacial score (nSPS) is 31.4. The molecule has 0 aromatic heterocycles. The molecular formula is C13H22N4O2S. The zero-order valence-corrected chi connectivity index (χ0v) is 12.7. The van der Waals surface area contributed by atoms with Gasteiger partial charge in [-0.25, -0.2) is 8.42 Å². The number of rotatable bonds is 3. The molecular weight excluding hydrogens is 276 g/mol. The molecule has 1 saturated heterocycles. The van der Waals surface area contributed by atoms with Gasteiger partial charge in [-0.3, -0.25) is 4.99 Å². The second-order valence-electron chi connectivity index (χ2n) is 5.65. The van der Waals surface area contributed by atoms with E-state index in [1.54, 1.807) is 4.31 Å². The van der Waals surface area contributed by atoms with Gasteiger partial charge < -0.3 is 9.80 Å². The first-order valence-electron chi connectivity index (χ1n) is 7.23. The van der Waals surface area contributed by atoms with Crippen molar-refractivity contribution in [3.8, 4) is 0 Å². The van der Waals surface area contributed by atoms with Gasteiger partial charge in [0.1, 0.15) is 0 Å². The Hall–Kier alpha value is -1.08. The number of nitrogens with zero attached hydrogens (tertiary/aromatic N) is 4. The quantitative estimate of drug-likeness (QED) is 0.767. The van der Waals surface area contributed by atoms with Crippen molar-refractivity contribution in [1.29, 1.82) is 0 Å². The Morgan fingerprint density at radius 1 is 1.15 bits per heavy atom. The van der Waals surface area contributed by atoms with Crippen molar-refractivity contribution in [1.82, 2.24) is 14.1 Å². The van der Waals surface area contributed by atoms with E-state index >= 15 is 0 Å². The number of piperidine rings is 1. The molecule has 0 amide bonds. The van der Waals surface area contributed by atoms with Gasteiger partial charge in [0, 0.05) is 26.1 Å². The Morgan fingerprint density at radius 2 is 2.00 bits per heavy atom. The molecule has 7 heteroatoms. The van der Waals surface area contributed by atoms with Crippen molar-refractivity contribution < 1.29 is 8.42 Å². The van der Waals surface area contributed by atoms with Crippen LogP contribution in [0.25, 0.3) is 0 Å². The van der Waals surface area contributed by atoms with Gasteiger partial charge in [0.15, 0.2) is 5.79 Å². The SMILES string of the molecule is CS(=O)(=O)N1CCCCC1(N1C=CCC1)N1C=NCC1. The molecule has 0 saturated carbocycles. The van der Waals surface area contributed by atoms with E-state index in [0.29, 0.717) is 6.54 Å². The third-order valence-electron chi connectivity index (χ3n) is 4.36. The molecule has 6 nitrogen and oxygen atoms in total. The van der Waals surface area contributed by atoms with Crippen LogP contribution >= 0.6 is 0 Å². The fraction of sp³-hybridized carbons (Fsp3) is 0.769. The van der Waals surface area contributed by atoms with Gasteiger partial charge in [-0.15, -0.1) is 0 Å². The van der Waals surface area contributed by atoms with E-state index < -0.39 is 15.8 Å². The molecule has 3 aliphatic heterocycles. The lowest BCUT2D eigenvalue weighted by Crippen LogP contribution is -2.70. The summed E-state index contributed by atoms with van der Waals surface area (Å²) >= 11 is 0. The number of sulfonamides is 1. The summed E-state index contributed by atoms with van der Waals surface area (Å²) in [4.78, 5) is 8.60. The lowest BCUT2D eigenvalue weighted by molar-refractivity contribution is -0.0891. The minimum absolute atomic E-state index is 0.584. The van der Waals surface area contributed by atoms with Crippen LogP contribution in [0, 0.1) is 0 Å². The number of aliphatic imine (C=N–C) groups is 1. The molecule has 0 radical (unpaired) electrons. The average molecular weight is 298 g/mol. The summed E-state index contributed by atoms with van der Waals surface area (Å²) in [5, 5.41) is 0. The highest BCUT2D eigenvalue weighted by atomic mass is 32.2. The van der Waals surface area contributed by atoms with Gasteiger partial charge >= 0.3 is 0 Å². The summed E-state index contributed by atoms with van der Waals surface area (Å²) in [6, 6.07) is 0. The predicted molar refractivity (Wildman–Crippen MR) is 78.7 cm³/mol. The minimum atomic E-state index is -3.25. The van der Waals surface area contributed by atoms with E-state index in [-0.39, 0.29) is 0 Å². The Morgan fingerprint density at radius 3 is 2.60 bits per heavy atom. The van der Waals surface area contributed by atoms with Crippen molar-refractivity contribution in [2.45, 2.75) is 31.5 Å². The Kier molecular flexibility index (Phi) is 3.50. The van der Waals surface area contributed by atoms with Gasteiger partial charge in [0.2, 0.25) is 10.0 Å². The van der Waals surface area contributed by atoms with Crippen LogP contribution in [-0.4, -0.2) is 67.1 Å². The lowest BCUT2D eigenvalue weighted by atomic mass is 10.0. The Balaban J connectivity index is 2.06. The van der Waals surface area contributed by atoms with Crippen LogP contribution in [0.15, 0.2) is 17.3 Å². The second kappa shape index (κ2) is 5.04. The van der Waals surface area contributed by atoms with Crippen molar-refractivity contribution >= 4 is 16.4 Å². The molecule has 3 aliphatic rings. The van der Waals surface area contributed by atoms with E-state index in [1.807, 2.05) is 6.34 Å². The summed E-state index contributed by atoms with van der Waals surface area (Å²) in [5.74, 6) is -0.584. The molecule has 112 valence electrons. The standard InChI is InChI=1S/C13H22N4O2S/c1-20(18,19)17-10-3-2-6-13(17,15-8-4-5-9-15)16-11-7-14-12-16/h4,8,12H,2-3,5-7,9-11H2,1H3. The first-order chi connectivity index (χ1) is 9.55. The van der Waals surface area contributed by atoms with Crippen LogP contribution in [0.5, 0.6) is 0 Å². The average Bonchev–Trinajstić information content (AvgIpc) is 3.11. The maximum Gasteiger partial charge on any atom is 0.214 e. The molecule has 3 rings (SSSR count). The molecule has 0 aromatic carbocycles. The molecule has 0 bridgehead atoms. The van der Waals surface area contributed by atoms with Crippen molar-refractivity contribution in [2.75, 3.05) is 32.4 Å². The summed E-state index contributed by atoms with van der Waals surface area (Å²) in [7, 11) is -3.25. The molecule has 0 aromatic rings.